The maximum Gasteiger partial charge on any atom is 0.119 e. The normalized spacial score (nSPS) is 12.3. The van der Waals surface area contributed by atoms with Gasteiger partial charge in [-0.2, -0.15) is 5.10 Å². The summed E-state index contributed by atoms with van der Waals surface area (Å²) >= 11 is 0. The van der Waals surface area contributed by atoms with Crippen LogP contribution in [0.2, 0.25) is 0 Å². The number of aryl methyl sites for hydroxylation is 1. The lowest BCUT2D eigenvalue weighted by molar-refractivity contribution is 0.340. The van der Waals surface area contributed by atoms with Gasteiger partial charge in [-0.25, -0.2) is 0 Å². The molecule has 0 aliphatic heterocycles. The van der Waals surface area contributed by atoms with Crippen molar-refractivity contribution in [1.29, 1.82) is 0 Å². The van der Waals surface area contributed by atoms with E-state index in [-0.39, 0.29) is 0 Å². The van der Waals surface area contributed by atoms with E-state index in [0.717, 1.165) is 24.4 Å². The zero-order chi connectivity index (χ0) is 14.4. The van der Waals surface area contributed by atoms with Crippen LogP contribution in [-0.2, 0) is 13.5 Å². The van der Waals surface area contributed by atoms with Gasteiger partial charge in [0.2, 0.25) is 0 Å². The summed E-state index contributed by atoms with van der Waals surface area (Å²) in [5.41, 5.74) is 2.40. The second kappa shape index (κ2) is 7.10. The molecule has 4 heteroatoms. The summed E-state index contributed by atoms with van der Waals surface area (Å²) in [7, 11) is 1.94. The highest BCUT2D eigenvalue weighted by Gasteiger charge is 2.05. The van der Waals surface area contributed by atoms with Crippen molar-refractivity contribution in [3.05, 3.63) is 47.8 Å². The van der Waals surface area contributed by atoms with E-state index in [2.05, 4.69) is 35.5 Å². The summed E-state index contributed by atoms with van der Waals surface area (Å²) in [5, 5.41) is 7.89. The fourth-order valence-electron chi connectivity index (χ4n) is 2.15. The molecule has 20 heavy (non-hydrogen) atoms. The van der Waals surface area contributed by atoms with Crippen LogP contribution in [0.4, 0.5) is 0 Å². The second-order valence-electron chi connectivity index (χ2n) is 4.91. The first kappa shape index (κ1) is 14.6. The molecule has 0 saturated carbocycles. The number of rotatable bonds is 7. The third-order valence-corrected chi connectivity index (χ3v) is 3.29. The smallest absolute Gasteiger partial charge is 0.119 e. The van der Waals surface area contributed by atoms with Crippen LogP contribution in [0.1, 0.15) is 31.1 Å². The predicted octanol–water partition coefficient (Wildman–Crippen LogP) is 2.71. The number of ether oxygens (including phenoxy) is 1. The summed E-state index contributed by atoms with van der Waals surface area (Å²) in [6, 6.07) is 10.7. The molecule has 108 valence electrons. The first-order valence-electron chi connectivity index (χ1n) is 7.13. The molecule has 1 N–H and O–H groups in total. The van der Waals surface area contributed by atoms with Gasteiger partial charge in [-0.15, -0.1) is 0 Å². The zero-order valence-electron chi connectivity index (χ0n) is 12.5. The van der Waals surface area contributed by atoms with Crippen molar-refractivity contribution in [2.75, 3.05) is 13.2 Å². The molecule has 0 bridgehead atoms. The summed E-state index contributed by atoms with van der Waals surface area (Å²) in [6.07, 6.45) is 2.92. The summed E-state index contributed by atoms with van der Waals surface area (Å²) in [6.45, 7) is 5.80. The largest absolute Gasteiger partial charge is 0.494 e. The Balaban J connectivity index is 1.80. The molecule has 2 rings (SSSR count). The Morgan fingerprint density at radius 1 is 1.25 bits per heavy atom. The standard InChI is InChI=1S/C16H23N3O/c1-4-20-16-7-5-14(6-8-16)13(2)17-11-9-15-10-12-19(3)18-15/h5-8,10,12-13,17H,4,9,11H2,1-3H3. The Bertz CT molecular complexity index is 519. The summed E-state index contributed by atoms with van der Waals surface area (Å²) in [4.78, 5) is 0. The van der Waals surface area contributed by atoms with Crippen LogP contribution in [-0.4, -0.2) is 22.9 Å². The Morgan fingerprint density at radius 2 is 2.00 bits per heavy atom. The molecule has 0 radical (unpaired) electrons. The first-order chi connectivity index (χ1) is 9.69. The number of nitrogens with zero attached hydrogens (tertiary/aromatic N) is 2. The van der Waals surface area contributed by atoms with E-state index in [1.165, 1.54) is 5.56 Å². The molecule has 1 aromatic heterocycles. The van der Waals surface area contributed by atoms with Crippen molar-refractivity contribution in [3.8, 4) is 5.75 Å². The van der Waals surface area contributed by atoms with E-state index in [1.807, 2.05) is 37.0 Å². The van der Waals surface area contributed by atoms with Gasteiger partial charge in [-0.3, -0.25) is 4.68 Å². The van der Waals surface area contributed by atoms with Crippen LogP contribution < -0.4 is 10.1 Å². The fraction of sp³-hybridized carbons (Fsp3) is 0.438. The summed E-state index contributed by atoms with van der Waals surface area (Å²) < 4.78 is 7.29. The Hall–Kier alpha value is -1.81. The van der Waals surface area contributed by atoms with Crippen molar-refractivity contribution >= 4 is 0 Å². The van der Waals surface area contributed by atoms with E-state index < -0.39 is 0 Å². The third kappa shape index (κ3) is 4.10. The monoisotopic (exact) mass is 273 g/mol. The van der Waals surface area contributed by atoms with Gasteiger partial charge in [-0.1, -0.05) is 12.1 Å². The highest BCUT2D eigenvalue weighted by atomic mass is 16.5. The van der Waals surface area contributed by atoms with Crippen LogP contribution in [0.25, 0.3) is 0 Å². The molecule has 0 aliphatic carbocycles. The van der Waals surface area contributed by atoms with Gasteiger partial charge < -0.3 is 10.1 Å². The second-order valence-corrected chi connectivity index (χ2v) is 4.91. The van der Waals surface area contributed by atoms with Crippen molar-refractivity contribution < 1.29 is 4.74 Å². The van der Waals surface area contributed by atoms with Gasteiger partial charge in [0.15, 0.2) is 0 Å². The molecule has 1 unspecified atom stereocenters. The van der Waals surface area contributed by atoms with Crippen LogP contribution in [0.3, 0.4) is 0 Å². The molecule has 0 fully saturated rings. The highest BCUT2D eigenvalue weighted by Crippen LogP contribution is 2.17. The van der Waals surface area contributed by atoms with Crippen LogP contribution in [0.5, 0.6) is 5.75 Å². The average molecular weight is 273 g/mol. The maximum atomic E-state index is 5.45. The van der Waals surface area contributed by atoms with Crippen molar-refractivity contribution in [3.63, 3.8) is 0 Å². The number of benzene rings is 1. The molecule has 0 saturated heterocycles. The Kier molecular flexibility index (Phi) is 5.18. The van der Waals surface area contributed by atoms with E-state index in [1.54, 1.807) is 0 Å². The van der Waals surface area contributed by atoms with Crippen LogP contribution in [0, 0.1) is 0 Å². The van der Waals surface area contributed by atoms with E-state index in [0.29, 0.717) is 12.6 Å². The van der Waals surface area contributed by atoms with E-state index in [4.69, 9.17) is 4.74 Å². The maximum absolute atomic E-state index is 5.45. The molecule has 0 amide bonds. The lowest BCUT2D eigenvalue weighted by atomic mass is 10.1. The summed E-state index contributed by atoms with van der Waals surface area (Å²) in [5.74, 6) is 0.928. The SMILES string of the molecule is CCOc1ccc(C(C)NCCc2ccn(C)n2)cc1. The quantitative estimate of drug-likeness (QED) is 0.843. The Morgan fingerprint density at radius 3 is 2.60 bits per heavy atom. The molecule has 0 aliphatic rings. The van der Waals surface area contributed by atoms with E-state index >= 15 is 0 Å². The molecule has 0 spiro atoms. The highest BCUT2D eigenvalue weighted by molar-refractivity contribution is 5.28. The van der Waals surface area contributed by atoms with Gasteiger partial charge in [0.05, 0.1) is 12.3 Å². The minimum Gasteiger partial charge on any atom is -0.494 e. The van der Waals surface area contributed by atoms with Gasteiger partial charge in [0, 0.05) is 32.3 Å². The number of aromatic nitrogens is 2. The molecular formula is C16H23N3O. The molecule has 1 atom stereocenters. The van der Waals surface area contributed by atoms with Gasteiger partial charge in [0.25, 0.3) is 0 Å². The van der Waals surface area contributed by atoms with Crippen molar-refractivity contribution in [2.45, 2.75) is 26.3 Å². The minimum atomic E-state index is 0.328. The predicted molar refractivity (Wildman–Crippen MR) is 80.9 cm³/mol. The molecular weight excluding hydrogens is 250 g/mol. The fourth-order valence-corrected chi connectivity index (χ4v) is 2.15. The Labute approximate surface area is 120 Å². The first-order valence-corrected chi connectivity index (χ1v) is 7.13. The van der Waals surface area contributed by atoms with Crippen LogP contribution >= 0.6 is 0 Å². The average Bonchev–Trinajstić information content (AvgIpc) is 2.85. The molecule has 1 heterocycles. The molecule has 2 aromatic rings. The molecule has 1 aromatic carbocycles. The van der Waals surface area contributed by atoms with Gasteiger partial charge in [0.1, 0.15) is 5.75 Å². The lowest BCUT2D eigenvalue weighted by Gasteiger charge is -2.14. The lowest BCUT2D eigenvalue weighted by Crippen LogP contribution is -2.21. The van der Waals surface area contributed by atoms with Crippen LogP contribution in [0.15, 0.2) is 36.5 Å². The number of hydrogen-bond donors (Lipinski definition) is 1. The third-order valence-electron chi connectivity index (χ3n) is 3.29. The van der Waals surface area contributed by atoms with E-state index in [9.17, 15) is 0 Å². The number of hydrogen-bond acceptors (Lipinski definition) is 3. The minimum absolute atomic E-state index is 0.328. The molecule has 4 nitrogen and oxygen atoms in total. The van der Waals surface area contributed by atoms with Gasteiger partial charge in [-0.05, 0) is 37.6 Å². The number of nitrogens with one attached hydrogen (secondary N) is 1. The van der Waals surface area contributed by atoms with Crippen molar-refractivity contribution in [1.82, 2.24) is 15.1 Å². The topological polar surface area (TPSA) is 39.1 Å². The van der Waals surface area contributed by atoms with Crippen molar-refractivity contribution in [2.24, 2.45) is 7.05 Å². The zero-order valence-corrected chi connectivity index (χ0v) is 12.5. The van der Waals surface area contributed by atoms with Gasteiger partial charge >= 0.3 is 0 Å².